The molecule has 1 heterocycles. The molecule has 3 aromatic rings. The largest absolute Gasteiger partial charge is 0.461 e. The minimum Gasteiger partial charge on any atom is -0.461 e. The molecule has 26 heavy (non-hydrogen) atoms. The average Bonchev–Trinajstić information content (AvgIpc) is 3.13. The first kappa shape index (κ1) is 18.4. The molecule has 0 N–H and O–H groups in total. The van der Waals surface area contributed by atoms with Crippen LogP contribution < -0.4 is 4.74 Å². The van der Waals surface area contributed by atoms with E-state index in [1.54, 1.807) is 12.1 Å². The van der Waals surface area contributed by atoms with Crippen LogP contribution in [0.15, 0.2) is 55.1 Å². The summed E-state index contributed by atoms with van der Waals surface area (Å²) in [6.45, 7) is 4.12. The number of para-hydroxylation sites is 1. The number of carbonyl (C=O) groups excluding carboxylic acids is 1. The molecule has 7 heteroatoms. The van der Waals surface area contributed by atoms with Crippen LogP contribution in [0.3, 0.4) is 0 Å². The maximum Gasteiger partial charge on any atom is 0.256 e. The number of nitrogens with zero attached hydrogens (tertiary/aromatic N) is 3. The van der Waals surface area contributed by atoms with Gasteiger partial charge >= 0.3 is 0 Å². The van der Waals surface area contributed by atoms with Gasteiger partial charge in [0.05, 0.1) is 5.02 Å². The van der Waals surface area contributed by atoms with Crippen molar-refractivity contribution < 1.29 is 9.53 Å². The van der Waals surface area contributed by atoms with Crippen molar-refractivity contribution in [1.82, 2.24) is 14.8 Å². The molecule has 5 nitrogen and oxygen atoms in total. The number of ether oxygens (including phenoxy) is 1. The summed E-state index contributed by atoms with van der Waals surface area (Å²) >= 11 is 12.1. The first-order chi connectivity index (χ1) is 12.5. The molecule has 1 unspecified atom stereocenters. The van der Waals surface area contributed by atoms with Crippen molar-refractivity contribution in [3.63, 3.8) is 0 Å². The van der Waals surface area contributed by atoms with Gasteiger partial charge in [-0.15, -0.1) is 0 Å². The number of aromatic nitrogens is 3. The summed E-state index contributed by atoms with van der Waals surface area (Å²) < 4.78 is 7.44. The monoisotopic (exact) mass is 389 g/mol. The van der Waals surface area contributed by atoms with Crippen LogP contribution in [0.4, 0.5) is 0 Å². The topological polar surface area (TPSA) is 57.0 Å². The van der Waals surface area contributed by atoms with Crippen molar-refractivity contribution in [2.45, 2.75) is 26.0 Å². The Kier molecular flexibility index (Phi) is 5.59. The number of ketones is 1. The molecule has 0 bridgehead atoms. The van der Waals surface area contributed by atoms with E-state index >= 15 is 0 Å². The summed E-state index contributed by atoms with van der Waals surface area (Å²) in [6.07, 6.45) is 1.75. The van der Waals surface area contributed by atoms with Crippen LogP contribution in [0.2, 0.25) is 10.0 Å². The Bertz CT molecular complexity index is 911. The highest BCUT2D eigenvalue weighted by molar-refractivity contribution is 6.36. The van der Waals surface area contributed by atoms with Gasteiger partial charge in [0.1, 0.15) is 18.4 Å². The first-order valence-corrected chi connectivity index (χ1v) is 8.82. The Morgan fingerprint density at radius 2 is 1.92 bits per heavy atom. The summed E-state index contributed by atoms with van der Waals surface area (Å²) in [6, 6.07) is 12.3. The number of rotatable bonds is 6. The van der Waals surface area contributed by atoms with Gasteiger partial charge in [0.15, 0.2) is 0 Å². The van der Waals surface area contributed by atoms with Gasteiger partial charge in [-0.2, -0.15) is 5.10 Å². The van der Waals surface area contributed by atoms with Crippen LogP contribution >= 0.6 is 23.2 Å². The van der Waals surface area contributed by atoms with Crippen molar-refractivity contribution in [2.75, 3.05) is 0 Å². The summed E-state index contributed by atoms with van der Waals surface area (Å²) in [4.78, 5) is 17.0. The Labute approximate surface area is 161 Å². The zero-order chi connectivity index (χ0) is 18.7. The molecule has 134 valence electrons. The predicted octanol–water partition coefficient (Wildman–Crippen LogP) is 5.17. The van der Waals surface area contributed by atoms with Crippen molar-refractivity contribution in [3.05, 3.63) is 76.3 Å². The van der Waals surface area contributed by atoms with Gasteiger partial charge in [-0.3, -0.25) is 4.79 Å². The molecule has 0 aliphatic heterocycles. The van der Waals surface area contributed by atoms with E-state index < -0.39 is 6.23 Å². The number of hydrogen-bond acceptors (Lipinski definition) is 4. The van der Waals surface area contributed by atoms with Gasteiger partial charge < -0.3 is 4.74 Å². The van der Waals surface area contributed by atoms with Crippen molar-refractivity contribution >= 4 is 29.0 Å². The maximum atomic E-state index is 13.1. The van der Waals surface area contributed by atoms with Crippen molar-refractivity contribution in [3.8, 4) is 5.75 Å². The quantitative estimate of drug-likeness (QED) is 0.545. The zero-order valence-corrected chi connectivity index (χ0v) is 15.8. The molecular weight excluding hydrogens is 373 g/mol. The van der Waals surface area contributed by atoms with Crippen molar-refractivity contribution in [1.29, 1.82) is 0 Å². The second kappa shape index (κ2) is 7.89. The zero-order valence-electron chi connectivity index (χ0n) is 14.3. The smallest absolute Gasteiger partial charge is 0.256 e. The van der Waals surface area contributed by atoms with E-state index in [4.69, 9.17) is 27.9 Å². The van der Waals surface area contributed by atoms with E-state index in [1.165, 1.54) is 23.4 Å². The molecule has 0 spiro atoms. The van der Waals surface area contributed by atoms with E-state index in [0.29, 0.717) is 16.3 Å². The summed E-state index contributed by atoms with van der Waals surface area (Å²) in [5.74, 6) is 0.508. The van der Waals surface area contributed by atoms with E-state index in [1.807, 2.05) is 24.3 Å². The molecule has 0 radical (unpaired) electrons. The molecule has 0 saturated heterocycles. The van der Waals surface area contributed by atoms with Crippen LogP contribution in [0.5, 0.6) is 5.75 Å². The number of halogens is 2. The molecule has 1 atom stereocenters. The number of carbonyl (C=O) groups is 1. The Hall–Kier alpha value is -2.37. The number of Topliss-reactive ketones (excluding diaryl/α,β-unsaturated/α-hetero) is 1. The Morgan fingerprint density at radius 3 is 2.58 bits per heavy atom. The van der Waals surface area contributed by atoms with E-state index in [9.17, 15) is 4.79 Å². The van der Waals surface area contributed by atoms with Gasteiger partial charge in [0, 0.05) is 10.6 Å². The molecule has 0 amide bonds. The minimum absolute atomic E-state index is 0.233. The van der Waals surface area contributed by atoms with Gasteiger partial charge in [-0.05, 0) is 35.7 Å². The maximum absolute atomic E-state index is 13.1. The third kappa shape index (κ3) is 3.89. The Morgan fingerprint density at radius 1 is 1.15 bits per heavy atom. The third-order valence-electron chi connectivity index (χ3n) is 3.88. The highest BCUT2D eigenvalue weighted by Gasteiger charge is 2.27. The molecule has 2 aromatic carbocycles. The molecule has 1 aromatic heterocycles. The fraction of sp³-hybridized carbons (Fsp3) is 0.211. The molecule has 0 aliphatic carbocycles. The molecule has 0 fully saturated rings. The van der Waals surface area contributed by atoms with Crippen LogP contribution in [0, 0.1) is 0 Å². The standard InChI is InChI=1S/C19H17Cl2N3O2/c1-12(2)14-5-3-4-6-17(14)26-19(24-11-22-10-23-24)18(25)15-8-7-13(20)9-16(15)21/h3-12,19H,1-2H3. The second-order valence-corrected chi connectivity index (χ2v) is 6.87. The fourth-order valence-electron chi connectivity index (χ4n) is 2.57. The lowest BCUT2D eigenvalue weighted by molar-refractivity contribution is 0.0616. The number of hydrogen-bond donors (Lipinski definition) is 0. The van der Waals surface area contributed by atoms with Gasteiger partial charge in [-0.25, -0.2) is 9.67 Å². The van der Waals surface area contributed by atoms with Gasteiger partial charge in [-0.1, -0.05) is 55.2 Å². The number of benzene rings is 2. The molecule has 0 aliphatic rings. The lowest BCUT2D eigenvalue weighted by Crippen LogP contribution is -2.26. The summed E-state index contributed by atoms with van der Waals surface area (Å²) in [7, 11) is 0. The van der Waals surface area contributed by atoms with E-state index in [0.717, 1.165) is 5.56 Å². The summed E-state index contributed by atoms with van der Waals surface area (Å²) in [5.41, 5.74) is 1.30. The average molecular weight is 390 g/mol. The molecule has 0 saturated carbocycles. The molecule has 3 rings (SSSR count). The highest BCUT2D eigenvalue weighted by Crippen LogP contribution is 2.31. The van der Waals surface area contributed by atoms with Gasteiger partial charge in [0.2, 0.25) is 5.78 Å². The van der Waals surface area contributed by atoms with Crippen LogP contribution in [-0.2, 0) is 0 Å². The van der Waals surface area contributed by atoms with Crippen molar-refractivity contribution in [2.24, 2.45) is 0 Å². The Balaban J connectivity index is 2.01. The summed E-state index contributed by atoms with van der Waals surface area (Å²) in [5, 5.41) is 4.78. The second-order valence-electron chi connectivity index (χ2n) is 6.03. The molecular formula is C19H17Cl2N3O2. The highest BCUT2D eigenvalue weighted by atomic mass is 35.5. The van der Waals surface area contributed by atoms with Crippen LogP contribution in [0.25, 0.3) is 0 Å². The fourth-order valence-corrected chi connectivity index (χ4v) is 3.08. The lowest BCUT2D eigenvalue weighted by atomic mass is 10.0. The van der Waals surface area contributed by atoms with E-state index in [-0.39, 0.29) is 16.7 Å². The van der Waals surface area contributed by atoms with Crippen LogP contribution in [0.1, 0.15) is 41.9 Å². The lowest BCUT2D eigenvalue weighted by Gasteiger charge is -2.21. The van der Waals surface area contributed by atoms with Gasteiger partial charge in [0.25, 0.3) is 6.23 Å². The minimum atomic E-state index is -1.03. The predicted molar refractivity (Wildman–Crippen MR) is 101 cm³/mol. The van der Waals surface area contributed by atoms with Crippen LogP contribution in [-0.4, -0.2) is 20.5 Å². The SMILES string of the molecule is CC(C)c1ccccc1OC(C(=O)c1ccc(Cl)cc1Cl)n1cncn1. The first-order valence-electron chi connectivity index (χ1n) is 8.06. The third-order valence-corrected chi connectivity index (χ3v) is 4.43. The van der Waals surface area contributed by atoms with E-state index in [2.05, 4.69) is 23.9 Å². The normalized spacial score (nSPS) is 12.2.